The van der Waals surface area contributed by atoms with Crippen LogP contribution in [-0.2, 0) is 14.8 Å². The van der Waals surface area contributed by atoms with Gasteiger partial charge >= 0.3 is 6.03 Å². The number of hydrogen-bond donors (Lipinski definition) is 3. The summed E-state index contributed by atoms with van der Waals surface area (Å²) < 4.78 is 54.7. The molecule has 2 aliphatic heterocycles. The highest BCUT2D eigenvalue weighted by Crippen LogP contribution is 2.40. The smallest absolute Gasteiger partial charge is 0.318 e. The zero-order valence-electron chi connectivity index (χ0n) is 17.4. The highest BCUT2D eigenvalue weighted by atomic mass is 32.2. The van der Waals surface area contributed by atoms with Crippen molar-refractivity contribution < 1.29 is 26.8 Å². The Hall–Kier alpha value is -1.02. The minimum absolute atomic E-state index is 0.0354. The molecule has 4 fully saturated rings. The summed E-state index contributed by atoms with van der Waals surface area (Å²) in [7, 11) is -3.82. The standard InChI is InChI=1S/C18H29F2N5O4S2/c1-11-21-22-15(30-11)9-25-16(26)13-8-12(31(28,29)23-18(10-20)4-5-18)2-3-14(13)24(7-6-19)17(25)27/h11-15,21-23H,2-10H2,1H3. The van der Waals surface area contributed by atoms with Gasteiger partial charge in [-0.05, 0) is 39.0 Å². The molecule has 5 atom stereocenters. The molecule has 31 heavy (non-hydrogen) atoms. The summed E-state index contributed by atoms with van der Waals surface area (Å²) in [5.41, 5.74) is 5.04. The van der Waals surface area contributed by atoms with E-state index in [2.05, 4.69) is 15.6 Å². The van der Waals surface area contributed by atoms with Crippen LogP contribution in [0.4, 0.5) is 13.6 Å². The summed E-state index contributed by atoms with van der Waals surface area (Å²) in [6.45, 7) is 0.413. The van der Waals surface area contributed by atoms with Crippen molar-refractivity contribution in [2.75, 3.05) is 26.4 Å². The molecule has 4 aliphatic rings. The van der Waals surface area contributed by atoms with Crippen molar-refractivity contribution >= 4 is 33.7 Å². The molecule has 9 nitrogen and oxygen atoms in total. The predicted octanol–water partition coefficient (Wildman–Crippen LogP) is 0.692. The number of carbonyl (C=O) groups is 2. The summed E-state index contributed by atoms with van der Waals surface area (Å²) in [5.74, 6) is -1.14. The number of thioether (sulfide) groups is 1. The average molecular weight is 482 g/mol. The van der Waals surface area contributed by atoms with E-state index in [0.29, 0.717) is 19.3 Å². The second kappa shape index (κ2) is 8.73. The van der Waals surface area contributed by atoms with Crippen molar-refractivity contribution in [1.29, 1.82) is 0 Å². The lowest BCUT2D eigenvalue weighted by Gasteiger charge is -2.48. The van der Waals surface area contributed by atoms with Crippen molar-refractivity contribution in [3.8, 4) is 0 Å². The van der Waals surface area contributed by atoms with Gasteiger partial charge in [-0.15, -0.1) is 11.8 Å². The van der Waals surface area contributed by atoms with Gasteiger partial charge in [-0.1, -0.05) is 0 Å². The molecule has 0 spiro atoms. The molecule has 13 heteroatoms. The monoisotopic (exact) mass is 481 g/mol. The van der Waals surface area contributed by atoms with Gasteiger partial charge in [-0.3, -0.25) is 9.69 Å². The summed E-state index contributed by atoms with van der Waals surface area (Å²) >= 11 is 1.53. The van der Waals surface area contributed by atoms with Crippen LogP contribution in [0.5, 0.6) is 0 Å². The second-order valence-electron chi connectivity index (χ2n) is 8.84. The van der Waals surface area contributed by atoms with Crippen LogP contribution >= 0.6 is 11.8 Å². The quantitative estimate of drug-likeness (QED) is 0.468. The Morgan fingerprint density at radius 3 is 2.55 bits per heavy atom. The third-order valence-electron chi connectivity index (χ3n) is 6.62. The highest BCUT2D eigenvalue weighted by Gasteiger charge is 2.53. The number of nitrogens with one attached hydrogen (secondary N) is 3. The molecule has 5 unspecified atom stereocenters. The summed E-state index contributed by atoms with van der Waals surface area (Å²) in [6, 6.07) is -1.05. The fraction of sp³-hybridized carbons (Fsp3) is 0.889. The van der Waals surface area contributed by atoms with E-state index in [1.165, 1.54) is 16.7 Å². The Morgan fingerprint density at radius 2 is 1.97 bits per heavy atom. The van der Waals surface area contributed by atoms with Gasteiger partial charge in [0, 0.05) is 6.04 Å². The van der Waals surface area contributed by atoms with Gasteiger partial charge in [0.15, 0.2) is 0 Å². The largest absolute Gasteiger partial charge is 0.327 e. The molecule has 0 aromatic rings. The lowest BCUT2D eigenvalue weighted by atomic mass is 9.81. The first-order chi connectivity index (χ1) is 14.7. The zero-order valence-corrected chi connectivity index (χ0v) is 19.0. The molecule has 176 valence electrons. The van der Waals surface area contributed by atoms with Crippen molar-refractivity contribution in [2.45, 2.75) is 66.6 Å². The van der Waals surface area contributed by atoms with Crippen molar-refractivity contribution in [1.82, 2.24) is 25.4 Å². The lowest BCUT2D eigenvalue weighted by molar-refractivity contribution is -0.140. The Bertz CT molecular complexity index is 828. The molecular weight excluding hydrogens is 452 g/mol. The molecule has 2 saturated carbocycles. The molecule has 0 radical (unpaired) electrons. The number of nitrogens with zero attached hydrogens (tertiary/aromatic N) is 2. The topological polar surface area (TPSA) is 111 Å². The van der Waals surface area contributed by atoms with Gasteiger partial charge in [0.05, 0.1) is 40.5 Å². The van der Waals surface area contributed by atoms with E-state index in [1.807, 2.05) is 6.92 Å². The SMILES string of the molecule is CC1NNC(CN2C(=O)C3CC(S(=O)(=O)NC4(CF)CC4)CCC3N(CCF)C2=O)S1. The number of carbonyl (C=O) groups excluding carboxylic acids is 2. The van der Waals surface area contributed by atoms with Gasteiger partial charge in [0.25, 0.3) is 0 Å². The first kappa shape index (κ1) is 23.1. The van der Waals surface area contributed by atoms with Crippen LogP contribution in [0, 0.1) is 5.92 Å². The van der Waals surface area contributed by atoms with E-state index in [-0.39, 0.29) is 36.7 Å². The maximum absolute atomic E-state index is 13.3. The van der Waals surface area contributed by atoms with E-state index < -0.39 is 58.1 Å². The van der Waals surface area contributed by atoms with Crippen LogP contribution in [0.15, 0.2) is 0 Å². The third kappa shape index (κ3) is 4.56. The fourth-order valence-corrected chi connectivity index (χ4v) is 7.66. The van der Waals surface area contributed by atoms with E-state index in [9.17, 15) is 26.8 Å². The number of fused-ring (bicyclic) bond motifs is 1. The molecule has 0 bridgehead atoms. The maximum Gasteiger partial charge on any atom is 0.327 e. The fourth-order valence-electron chi connectivity index (χ4n) is 4.73. The molecular formula is C18H29F2N5O4S2. The van der Waals surface area contributed by atoms with Crippen LogP contribution in [-0.4, -0.2) is 84.2 Å². The van der Waals surface area contributed by atoms with Gasteiger partial charge in [0.1, 0.15) is 13.3 Å². The Morgan fingerprint density at radius 1 is 1.23 bits per heavy atom. The summed E-state index contributed by atoms with van der Waals surface area (Å²) in [4.78, 5) is 28.8. The van der Waals surface area contributed by atoms with Gasteiger partial charge in [0.2, 0.25) is 15.9 Å². The van der Waals surface area contributed by atoms with Crippen LogP contribution < -0.4 is 15.6 Å². The zero-order chi connectivity index (χ0) is 22.4. The lowest BCUT2D eigenvalue weighted by Crippen LogP contribution is -2.65. The number of halogens is 2. The number of rotatable bonds is 8. The highest BCUT2D eigenvalue weighted by molar-refractivity contribution is 8.00. The summed E-state index contributed by atoms with van der Waals surface area (Å²) in [6.07, 6.45) is 1.49. The number of imide groups is 1. The van der Waals surface area contributed by atoms with Crippen LogP contribution in [0.1, 0.15) is 39.0 Å². The Labute approximate surface area is 185 Å². The molecule has 2 saturated heterocycles. The van der Waals surface area contributed by atoms with Crippen molar-refractivity contribution in [3.05, 3.63) is 0 Å². The minimum Gasteiger partial charge on any atom is -0.318 e. The number of hydrazine groups is 1. The van der Waals surface area contributed by atoms with Crippen molar-refractivity contribution in [2.24, 2.45) is 5.92 Å². The van der Waals surface area contributed by atoms with E-state index in [1.54, 1.807) is 0 Å². The van der Waals surface area contributed by atoms with Gasteiger partial charge in [-0.2, -0.15) is 0 Å². The molecule has 0 aromatic heterocycles. The Balaban J connectivity index is 1.52. The van der Waals surface area contributed by atoms with Crippen LogP contribution in [0.2, 0.25) is 0 Å². The molecule has 3 amide bonds. The average Bonchev–Trinajstić information content (AvgIpc) is 3.38. The number of alkyl halides is 2. The van der Waals surface area contributed by atoms with Crippen LogP contribution in [0.25, 0.3) is 0 Å². The normalized spacial score (nSPS) is 35.4. The van der Waals surface area contributed by atoms with E-state index in [4.69, 9.17) is 0 Å². The first-order valence-corrected chi connectivity index (χ1v) is 13.1. The third-order valence-corrected chi connectivity index (χ3v) is 9.77. The molecule has 2 aliphatic carbocycles. The van der Waals surface area contributed by atoms with E-state index >= 15 is 0 Å². The molecule has 3 N–H and O–H groups in total. The summed E-state index contributed by atoms with van der Waals surface area (Å²) in [5, 5.41) is -0.948. The van der Waals surface area contributed by atoms with Crippen LogP contribution in [0.3, 0.4) is 0 Å². The van der Waals surface area contributed by atoms with E-state index in [0.717, 1.165) is 4.90 Å². The first-order valence-electron chi connectivity index (χ1n) is 10.6. The minimum atomic E-state index is -3.82. The number of urea groups is 1. The molecule has 2 heterocycles. The predicted molar refractivity (Wildman–Crippen MR) is 112 cm³/mol. The molecule has 4 rings (SSSR count). The second-order valence-corrected chi connectivity index (χ2v) is 12.3. The van der Waals surface area contributed by atoms with Gasteiger partial charge in [-0.25, -0.2) is 37.6 Å². The Kier molecular flexibility index (Phi) is 6.52. The number of sulfonamides is 1. The van der Waals surface area contributed by atoms with Crippen molar-refractivity contribution in [3.63, 3.8) is 0 Å². The number of hydrogen-bond acceptors (Lipinski definition) is 7. The maximum atomic E-state index is 13.3. The molecule has 0 aromatic carbocycles. The van der Waals surface area contributed by atoms with Gasteiger partial charge < -0.3 is 4.90 Å². The number of amides is 3.